The Kier molecular flexibility index (Phi) is 13.5. The second-order valence-electron chi connectivity index (χ2n) is 16.5. The van der Waals surface area contributed by atoms with Crippen LogP contribution < -0.4 is 21.7 Å². The molecule has 0 bridgehead atoms. The number of hydrogen-bond acceptors (Lipinski definition) is 5. The number of nitrogens with two attached hydrogens (primary N) is 1. The van der Waals surface area contributed by atoms with Crippen LogP contribution in [0.25, 0.3) is 0 Å². The fourth-order valence-electron chi connectivity index (χ4n) is 11.0. The molecule has 0 amide bonds. The van der Waals surface area contributed by atoms with E-state index >= 15 is 0 Å². The average molecular weight is 589 g/mol. The van der Waals surface area contributed by atoms with Gasteiger partial charge in [0.15, 0.2) is 0 Å². The number of nitrogens with one attached hydrogen (secondary N) is 3. The van der Waals surface area contributed by atoms with E-state index in [0.717, 1.165) is 87.6 Å². The predicted octanol–water partition coefficient (Wildman–Crippen LogP) is 6.74. The molecule has 4 fully saturated rings. The maximum Gasteiger partial charge on any atom is 0.0577 e. The molecule has 3 unspecified atom stereocenters. The molecule has 0 aromatic carbocycles. The minimum absolute atomic E-state index is 0.0998. The summed E-state index contributed by atoms with van der Waals surface area (Å²) < 4.78 is 0. The van der Waals surface area contributed by atoms with Gasteiger partial charge in [-0.2, -0.15) is 0 Å². The highest BCUT2D eigenvalue weighted by Gasteiger charge is 2.62. The Hall–Kier alpha value is -0.200. The molecule has 5 nitrogen and oxygen atoms in total. The molecule has 6 N–H and O–H groups in total. The standard InChI is InChI=1S/C37H72N4O/c1-27(2)11-8-12-28(3)31-13-14-32-30-26-35(42)34-25-29(15-17-37(34,5)33(30)16-18-36(31,32)4)41-24-10-23-40-21-7-6-20-39-22-9-19-38/h27-35,39-42H,6-26,38H2,1-5H3/t28-,29-,30?,31-,32?,33?,34-,35-,36-,37-/m1/s1. The zero-order valence-corrected chi connectivity index (χ0v) is 28.6. The van der Waals surface area contributed by atoms with Crippen molar-refractivity contribution in [2.75, 3.05) is 39.3 Å². The Labute approximate surface area is 261 Å². The van der Waals surface area contributed by atoms with Crippen LogP contribution in [0.4, 0.5) is 0 Å². The molecule has 42 heavy (non-hydrogen) atoms. The van der Waals surface area contributed by atoms with Gasteiger partial charge in [-0.25, -0.2) is 0 Å². The van der Waals surface area contributed by atoms with Crippen molar-refractivity contribution >= 4 is 0 Å². The van der Waals surface area contributed by atoms with Gasteiger partial charge >= 0.3 is 0 Å². The summed E-state index contributed by atoms with van der Waals surface area (Å²) in [6, 6.07) is 0.588. The molecule has 5 heteroatoms. The van der Waals surface area contributed by atoms with Crippen molar-refractivity contribution in [1.29, 1.82) is 0 Å². The summed E-state index contributed by atoms with van der Waals surface area (Å²) >= 11 is 0. The first-order chi connectivity index (χ1) is 20.2. The summed E-state index contributed by atoms with van der Waals surface area (Å²) in [7, 11) is 0. The molecule has 4 rings (SSSR count). The quantitative estimate of drug-likeness (QED) is 0.115. The second-order valence-corrected chi connectivity index (χ2v) is 16.5. The van der Waals surface area contributed by atoms with E-state index in [1.54, 1.807) is 0 Å². The van der Waals surface area contributed by atoms with Crippen LogP contribution in [0.15, 0.2) is 0 Å². The number of aliphatic hydroxyl groups excluding tert-OH is 1. The highest BCUT2D eigenvalue weighted by molar-refractivity contribution is 5.11. The topological polar surface area (TPSA) is 82.3 Å². The third kappa shape index (κ3) is 8.33. The van der Waals surface area contributed by atoms with Gasteiger partial charge in [0.05, 0.1) is 6.10 Å². The van der Waals surface area contributed by atoms with E-state index in [-0.39, 0.29) is 6.10 Å². The van der Waals surface area contributed by atoms with E-state index in [1.165, 1.54) is 83.5 Å². The van der Waals surface area contributed by atoms with Crippen molar-refractivity contribution in [2.24, 2.45) is 58.0 Å². The van der Waals surface area contributed by atoms with Gasteiger partial charge in [-0.3, -0.25) is 0 Å². The van der Waals surface area contributed by atoms with Crippen LogP contribution in [-0.2, 0) is 0 Å². The minimum Gasteiger partial charge on any atom is -0.393 e. The molecule has 0 radical (unpaired) electrons. The SMILES string of the molecule is CC(C)CCC[C@@H](C)[C@H]1CCC2C3C[C@@H](O)[C@H]4C[C@H](NCCCNCCCCNCCCN)CC[C@]4(C)C3CC[C@@]21C. The largest absolute Gasteiger partial charge is 0.393 e. The van der Waals surface area contributed by atoms with Gasteiger partial charge in [-0.05, 0) is 169 Å². The lowest BCUT2D eigenvalue weighted by atomic mass is 9.43. The molecule has 10 atom stereocenters. The predicted molar refractivity (Wildman–Crippen MR) is 180 cm³/mol. The third-order valence-electron chi connectivity index (χ3n) is 13.4. The number of unbranched alkanes of at least 4 members (excludes halogenated alkanes) is 1. The van der Waals surface area contributed by atoms with E-state index in [9.17, 15) is 5.11 Å². The summed E-state index contributed by atoms with van der Waals surface area (Å²) in [6.07, 6.45) is 19.4. The van der Waals surface area contributed by atoms with Crippen molar-refractivity contribution < 1.29 is 5.11 Å². The Morgan fingerprint density at radius 1 is 0.714 bits per heavy atom. The summed E-state index contributed by atoms with van der Waals surface area (Å²) in [4.78, 5) is 0. The number of hydrogen-bond donors (Lipinski definition) is 5. The number of rotatable bonds is 18. The van der Waals surface area contributed by atoms with Gasteiger partial charge in [0.2, 0.25) is 0 Å². The first kappa shape index (κ1) is 34.7. The number of fused-ring (bicyclic) bond motifs is 5. The van der Waals surface area contributed by atoms with E-state index in [1.807, 2.05) is 0 Å². The van der Waals surface area contributed by atoms with Crippen LogP contribution in [0, 0.1) is 52.3 Å². The van der Waals surface area contributed by atoms with Crippen LogP contribution in [-0.4, -0.2) is 56.5 Å². The van der Waals surface area contributed by atoms with Crippen LogP contribution in [0.3, 0.4) is 0 Å². The molecule has 4 aliphatic rings. The fourth-order valence-corrected chi connectivity index (χ4v) is 11.0. The van der Waals surface area contributed by atoms with Gasteiger partial charge in [-0.1, -0.05) is 53.9 Å². The van der Waals surface area contributed by atoms with Crippen molar-refractivity contribution in [2.45, 2.75) is 143 Å². The van der Waals surface area contributed by atoms with Gasteiger partial charge < -0.3 is 26.8 Å². The molecular formula is C37H72N4O. The summed E-state index contributed by atoms with van der Waals surface area (Å²) in [6.45, 7) is 18.9. The van der Waals surface area contributed by atoms with E-state index in [4.69, 9.17) is 5.73 Å². The lowest BCUT2D eigenvalue weighted by Crippen LogP contribution is -2.59. The molecule has 4 saturated carbocycles. The molecule has 0 aromatic heterocycles. The highest BCUT2D eigenvalue weighted by Crippen LogP contribution is 2.68. The maximum atomic E-state index is 11.7. The lowest BCUT2D eigenvalue weighted by Gasteiger charge is -2.62. The Bertz CT molecular complexity index is 777. The molecule has 246 valence electrons. The zero-order valence-electron chi connectivity index (χ0n) is 28.6. The molecule has 4 aliphatic carbocycles. The summed E-state index contributed by atoms with van der Waals surface area (Å²) in [5, 5.41) is 22.7. The first-order valence-corrected chi connectivity index (χ1v) is 18.7. The van der Waals surface area contributed by atoms with Crippen molar-refractivity contribution in [3.8, 4) is 0 Å². The van der Waals surface area contributed by atoms with Crippen molar-refractivity contribution in [3.05, 3.63) is 0 Å². The van der Waals surface area contributed by atoms with Gasteiger partial charge in [0, 0.05) is 6.04 Å². The molecule has 0 aromatic rings. The first-order valence-electron chi connectivity index (χ1n) is 18.7. The fraction of sp³-hybridized carbons (Fsp3) is 1.00. The average Bonchev–Trinajstić information content (AvgIpc) is 3.31. The van der Waals surface area contributed by atoms with Crippen LogP contribution >= 0.6 is 0 Å². The normalized spacial score (nSPS) is 38.7. The van der Waals surface area contributed by atoms with Crippen LogP contribution in [0.2, 0.25) is 0 Å². The summed E-state index contributed by atoms with van der Waals surface area (Å²) in [5.74, 6) is 5.51. The lowest BCUT2D eigenvalue weighted by molar-refractivity contribution is -0.162. The minimum atomic E-state index is -0.0998. The van der Waals surface area contributed by atoms with E-state index in [0.29, 0.717) is 22.8 Å². The van der Waals surface area contributed by atoms with Gasteiger partial charge in [0.1, 0.15) is 0 Å². The van der Waals surface area contributed by atoms with Crippen LogP contribution in [0.1, 0.15) is 131 Å². The zero-order chi connectivity index (χ0) is 30.2. The van der Waals surface area contributed by atoms with Gasteiger partial charge in [-0.15, -0.1) is 0 Å². The molecule has 0 saturated heterocycles. The highest BCUT2D eigenvalue weighted by atomic mass is 16.3. The monoisotopic (exact) mass is 589 g/mol. The van der Waals surface area contributed by atoms with E-state index in [2.05, 4.69) is 50.6 Å². The Morgan fingerprint density at radius 2 is 1.38 bits per heavy atom. The number of aliphatic hydroxyl groups is 1. The third-order valence-corrected chi connectivity index (χ3v) is 13.4. The smallest absolute Gasteiger partial charge is 0.0577 e. The molecule has 0 heterocycles. The van der Waals surface area contributed by atoms with E-state index < -0.39 is 0 Å². The second kappa shape index (κ2) is 16.4. The molecule has 0 aliphatic heterocycles. The summed E-state index contributed by atoms with van der Waals surface area (Å²) in [5.41, 5.74) is 6.39. The maximum absolute atomic E-state index is 11.7. The Balaban J connectivity index is 1.19. The molecule has 0 spiro atoms. The van der Waals surface area contributed by atoms with Crippen molar-refractivity contribution in [1.82, 2.24) is 16.0 Å². The van der Waals surface area contributed by atoms with Crippen molar-refractivity contribution in [3.63, 3.8) is 0 Å². The molecular weight excluding hydrogens is 516 g/mol. The Morgan fingerprint density at radius 3 is 2.10 bits per heavy atom. The van der Waals surface area contributed by atoms with Crippen LogP contribution in [0.5, 0.6) is 0 Å². The van der Waals surface area contributed by atoms with Gasteiger partial charge in [0.25, 0.3) is 0 Å².